The Bertz CT molecular complexity index is 649. The average molecular weight is 385 g/mol. The van der Waals surface area contributed by atoms with E-state index in [0.29, 0.717) is 22.9 Å². The van der Waals surface area contributed by atoms with Crippen LogP contribution < -0.4 is 0 Å². The molecule has 0 aromatic heterocycles. The van der Waals surface area contributed by atoms with E-state index in [1.807, 2.05) is 0 Å². The first-order chi connectivity index (χ1) is 10.9. The second-order valence-electron chi connectivity index (χ2n) is 5.84. The van der Waals surface area contributed by atoms with Gasteiger partial charge in [0, 0.05) is 34.4 Å². The van der Waals surface area contributed by atoms with Crippen LogP contribution in [0.25, 0.3) is 0 Å². The van der Waals surface area contributed by atoms with Gasteiger partial charge in [-0.2, -0.15) is 0 Å². The maximum Gasteiger partial charge on any atom is 0.283 e. The van der Waals surface area contributed by atoms with Gasteiger partial charge in [0.1, 0.15) is 0 Å². The molecular formula is C15H17BrN2O5. The third kappa shape index (κ3) is 3.74. The van der Waals surface area contributed by atoms with Gasteiger partial charge in [-0.3, -0.25) is 25.0 Å². The molecule has 23 heavy (non-hydrogen) atoms. The summed E-state index contributed by atoms with van der Waals surface area (Å²) in [6, 6.07) is 4.13. The van der Waals surface area contributed by atoms with E-state index in [0.717, 1.165) is 12.8 Å². The first-order valence-electron chi connectivity index (χ1n) is 7.47. The highest BCUT2D eigenvalue weighted by Crippen LogP contribution is 2.33. The largest absolute Gasteiger partial charge is 0.292 e. The minimum atomic E-state index is -1.68. The van der Waals surface area contributed by atoms with E-state index in [9.17, 15) is 25.0 Å². The molecule has 0 N–H and O–H groups in total. The topological polar surface area (TPSA) is 103 Å². The highest BCUT2D eigenvalue weighted by molar-refractivity contribution is 9.10. The number of ketones is 1. The molecular weight excluding hydrogens is 368 g/mol. The van der Waals surface area contributed by atoms with Crippen molar-refractivity contribution in [3.63, 3.8) is 0 Å². The number of hydrogen-bond acceptors (Lipinski definition) is 5. The zero-order valence-corrected chi connectivity index (χ0v) is 14.1. The van der Waals surface area contributed by atoms with E-state index in [1.54, 1.807) is 0 Å². The lowest BCUT2D eigenvalue weighted by Crippen LogP contribution is -2.49. The van der Waals surface area contributed by atoms with Crippen LogP contribution in [0.1, 0.15) is 44.1 Å². The van der Waals surface area contributed by atoms with Gasteiger partial charge in [-0.05, 0) is 24.5 Å². The maximum atomic E-state index is 12.5. The van der Waals surface area contributed by atoms with E-state index in [2.05, 4.69) is 15.9 Å². The van der Waals surface area contributed by atoms with Crippen LogP contribution in [0, 0.1) is 20.2 Å². The molecule has 0 aliphatic heterocycles. The van der Waals surface area contributed by atoms with Crippen LogP contribution in [0.5, 0.6) is 0 Å². The molecule has 8 heteroatoms. The fourth-order valence-corrected chi connectivity index (χ4v) is 3.39. The number of carbonyl (C=O) groups is 1. The van der Waals surface area contributed by atoms with Crippen LogP contribution in [0.15, 0.2) is 22.7 Å². The number of nitro benzene ring substituents is 1. The third-order valence-corrected chi connectivity index (χ3v) is 5.11. The fourth-order valence-electron chi connectivity index (χ4n) is 3.00. The SMILES string of the molecule is O=C1CCCCCCC1(Cc1cc([N+](=O)[O-])ccc1Br)[N+](=O)[O-]. The molecule has 1 aromatic rings. The van der Waals surface area contributed by atoms with E-state index in [-0.39, 0.29) is 30.7 Å². The number of Topliss-reactive ketones (excluding diaryl/α,β-unsaturated/α-hetero) is 1. The Morgan fingerprint density at radius 2 is 1.83 bits per heavy atom. The summed E-state index contributed by atoms with van der Waals surface area (Å²) < 4.78 is 0.541. The Kier molecular flexibility index (Phi) is 5.46. The zero-order chi connectivity index (χ0) is 17.0. The molecule has 1 unspecified atom stereocenters. The summed E-state index contributed by atoms with van der Waals surface area (Å²) in [6.07, 6.45) is 3.27. The summed E-state index contributed by atoms with van der Waals surface area (Å²) in [5.74, 6) is -0.374. The number of non-ortho nitro benzene ring substituents is 1. The molecule has 124 valence electrons. The minimum Gasteiger partial charge on any atom is -0.292 e. The summed E-state index contributed by atoms with van der Waals surface area (Å²) in [5, 5.41) is 22.6. The Hall–Kier alpha value is -1.83. The lowest BCUT2D eigenvalue weighted by atomic mass is 9.79. The summed E-state index contributed by atoms with van der Waals surface area (Å²) in [7, 11) is 0. The lowest BCUT2D eigenvalue weighted by molar-refractivity contribution is -0.553. The number of hydrogen-bond donors (Lipinski definition) is 0. The zero-order valence-electron chi connectivity index (χ0n) is 12.5. The molecule has 0 radical (unpaired) electrons. The first-order valence-corrected chi connectivity index (χ1v) is 8.27. The van der Waals surface area contributed by atoms with E-state index in [1.165, 1.54) is 18.2 Å². The van der Waals surface area contributed by atoms with Gasteiger partial charge < -0.3 is 0 Å². The fraction of sp³-hybridized carbons (Fsp3) is 0.533. The summed E-state index contributed by atoms with van der Waals surface area (Å²) >= 11 is 3.28. The van der Waals surface area contributed by atoms with Crippen molar-refractivity contribution >= 4 is 27.4 Å². The van der Waals surface area contributed by atoms with Crippen molar-refractivity contribution in [2.24, 2.45) is 0 Å². The maximum absolute atomic E-state index is 12.5. The predicted octanol–water partition coefficient (Wildman–Crippen LogP) is 3.84. The smallest absolute Gasteiger partial charge is 0.283 e. The molecule has 0 saturated heterocycles. The summed E-state index contributed by atoms with van der Waals surface area (Å²) in [4.78, 5) is 34.1. The molecule has 0 spiro atoms. The van der Waals surface area contributed by atoms with Crippen molar-refractivity contribution in [1.82, 2.24) is 0 Å². The van der Waals surface area contributed by atoms with Crippen molar-refractivity contribution in [2.75, 3.05) is 0 Å². The van der Waals surface area contributed by atoms with Crippen LogP contribution in [0.4, 0.5) is 5.69 Å². The highest BCUT2D eigenvalue weighted by atomic mass is 79.9. The Labute approximate surface area is 141 Å². The van der Waals surface area contributed by atoms with E-state index in [4.69, 9.17) is 0 Å². The lowest BCUT2D eigenvalue weighted by Gasteiger charge is -2.26. The molecule has 0 heterocycles. The molecule has 0 amide bonds. The van der Waals surface area contributed by atoms with Gasteiger partial charge >= 0.3 is 0 Å². The molecule has 1 aliphatic rings. The van der Waals surface area contributed by atoms with Crippen LogP contribution in [0.2, 0.25) is 0 Å². The van der Waals surface area contributed by atoms with Gasteiger partial charge in [0.2, 0.25) is 5.78 Å². The standard InChI is InChI=1S/C15H17BrN2O5/c16-13-7-6-12(17(20)21)9-11(13)10-15(18(22)23)8-4-2-1-3-5-14(15)19/h6-7,9H,1-5,8,10H2. The molecule has 1 aliphatic carbocycles. The third-order valence-electron chi connectivity index (χ3n) is 4.34. The molecule has 1 fully saturated rings. The molecule has 1 atom stereocenters. The minimum absolute atomic E-state index is 0.124. The predicted molar refractivity (Wildman–Crippen MR) is 86.9 cm³/mol. The quantitative estimate of drug-likeness (QED) is 0.579. The Morgan fingerprint density at radius 3 is 2.48 bits per heavy atom. The van der Waals surface area contributed by atoms with Crippen LogP contribution in [-0.2, 0) is 11.2 Å². The van der Waals surface area contributed by atoms with Crippen molar-refractivity contribution < 1.29 is 14.6 Å². The van der Waals surface area contributed by atoms with Gasteiger partial charge in [0.25, 0.3) is 11.2 Å². The monoisotopic (exact) mass is 384 g/mol. The highest BCUT2D eigenvalue weighted by Gasteiger charge is 2.50. The van der Waals surface area contributed by atoms with E-state index < -0.39 is 15.4 Å². The Balaban J connectivity index is 2.42. The number of nitro groups is 2. The number of halogens is 1. The van der Waals surface area contributed by atoms with Gasteiger partial charge in [-0.15, -0.1) is 0 Å². The molecule has 7 nitrogen and oxygen atoms in total. The first kappa shape index (κ1) is 17.5. The van der Waals surface area contributed by atoms with Gasteiger partial charge in [0.15, 0.2) is 0 Å². The molecule has 1 saturated carbocycles. The van der Waals surface area contributed by atoms with Crippen molar-refractivity contribution in [2.45, 2.75) is 50.5 Å². The molecule has 0 bridgehead atoms. The average Bonchev–Trinajstić information content (AvgIpc) is 2.48. The molecule has 2 rings (SSSR count). The van der Waals surface area contributed by atoms with E-state index >= 15 is 0 Å². The van der Waals surface area contributed by atoms with Gasteiger partial charge in [-0.1, -0.05) is 28.8 Å². The summed E-state index contributed by atoms with van der Waals surface area (Å²) in [6.45, 7) is 0. The number of benzene rings is 1. The Morgan fingerprint density at radius 1 is 1.13 bits per heavy atom. The summed E-state index contributed by atoms with van der Waals surface area (Å²) in [5.41, 5.74) is -1.40. The van der Waals surface area contributed by atoms with Gasteiger partial charge in [0.05, 0.1) is 11.3 Å². The van der Waals surface area contributed by atoms with Crippen molar-refractivity contribution in [3.05, 3.63) is 48.5 Å². The molecule has 1 aromatic carbocycles. The van der Waals surface area contributed by atoms with Crippen LogP contribution in [0.3, 0.4) is 0 Å². The van der Waals surface area contributed by atoms with Gasteiger partial charge in [-0.25, -0.2) is 0 Å². The second kappa shape index (κ2) is 7.16. The second-order valence-corrected chi connectivity index (χ2v) is 6.69. The van der Waals surface area contributed by atoms with Crippen molar-refractivity contribution in [1.29, 1.82) is 0 Å². The number of carbonyl (C=O) groups excluding carboxylic acids is 1. The number of rotatable bonds is 4. The van der Waals surface area contributed by atoms with Crippen LogP contribution >= 0.6 is 15.9 Å². The van der Waals surface area contributed by atoms with Crippen molar-refractivity contribution in [3.8, 4) is 0 Å². The number of nitrogens with zero attached hydrogens (tertiary/aromatic N) is 2. The van der Waals surface area contributed by atoms with Crippen LogP contribution in [-0.4, -0.2) is 21.2 Å². The normalized spacial score (nSPS) is 22.2.